The summed E-state index contributed by atoms with van der Waals surface area (Å²) in [6.45, 7) is 4.61. The number of aliphatic hydroxyl groups is 1. The molecule has 0 aliphatic carbocycles. The van der Waals surface area contributed by atoms with Gasteiger partial charge in [-0.3, -0.25) is 37.3 Å². The van der Waals surface area contributed by atoms with Gasteiger partial charge >= 0.3 is 39.5 Å². The van der Waals surface area contributed by atoms with E-state index in [1.165, 1.54) is 103 Å². The number of phosphoric ester groups is 2. The van der Waals surface area contributed by atoms with Gasteiger partial charge in [-0.15, -0.1) is 0 Å². The van der Waals surface area contributed by atoms with E-state index in [-0.39, 0.29) is 25.7 Å². The topological polar surface area (TPSA) is 237 Å². The lowest BCUT2D eigenvalue weighted by atomic mass is 10.0. The molecule has 0 bridgehead atoms. The average Bonchev–Trinajstić information content (AvgIpc) is 1.02. The van der Waals surface area contributed by atoms with E-state index in [0.717, 1.165) is 148 Å². The van der Waals surface area contributed by atoms with Gasteiger partial charge in [-0.05, 0) is 96.3 Å². The van der Waals surface area contributed by atoms with Crippen molar-refractivity contribution in [3.05, 3.63) is 97.2 Å². The summed E-state index contributed by atoms with van der Waals surface area (Å²) in [6.07, 6.45) is 76.8. The number of hydrogen-bond acceptors (Lipinski definition) is 15. The van der Waals surface area contributed by atoms with E-state index in [1.54, 1.807) is 0 Å². The first kappa shape index (κ1) is 96.0. The summed E-state index contributed by atoms with van der Waals surface area (Å²) < 4.78 is 68.5. The minimum Gasteiger partial charge on any atom is -0.462 e. The quantitative estimate of drug-likeness (QED) is 0.0169. The highest BCUT2D eigenvalue weighted by Crippen LogP contribution is 2.45. The van der Waals surface area contributed by atoms with Crippen LogP contribution in [0.2, 0.25) is 0 Å². The highest BCUT2D eigenvalue weighted by atomic mass is 31.2. The van der Waals surface area contributed by atoms with Crippen molar-refractivity contribution >= 4 is 39.5 Å². The zero-order valence-electron chi connectivity index (χ0n) is 63.1. The Bertz CT molecular complexity index is 2270. The Morgan fingerprint density at radius 1 is 0.290 bits per heavy atom. The Balaban J connectivity index is 5.35. The first-order chi connectivity index (χ1) is 48.7. The fraction of sp³-hybridized carbons (Fsp3) is 0.753. The van der Waals surface area contributed by atoms with Crippen LogP contribution in [0, 0.1) is 0 Å². The largest absolute Gasteiger partial charge is 0.472 e. The van der Waals surface area contributed by atoms with Gasteiger partial charge in [0.1, 0.15) is 19.3 Å². The standard InChI is InChI=1S/C81H142O17P2/c1-5-9-13-17-21-25-29-32-35-37-40-42-46-49-53-57-61-65-78(83)91-71-76(97-80(85)67-63-59-55-51-45-28-24-20-16-12-8-4)73-95-99(87,88)93-69-75(82)70-94-100(89,90)96-74-77(98-81(86)68-64-60-56-52-48-44-39-34-31-27-23-19-15-11-7-3)72-92-79(84)66-62-58-54-50-47-43-41-38-36-33-30-26-22-18-14-10-6-2/h9-10,13-14,21-22,25-26,32-33,35-36,41,43,50,54,75-77,82H,5-8,11-12,15-20,23-24,27-31,34,37-40,42,44-49,51-53,55-74H2,1-4H3,(H,87,88)(H,89,90)/b13-9-,14-10-,25-21-,26-22-,35-32-,36-33-,43-41-,54-50-. The second kappa shape index (κ2) is 73.3. The van der Waals surface area contributed by atoms with Crippen LogP contribution in [0.25, 0.3) is 0 Å². The number of ether oxygens (including phenoxy) is 4. The van der Waals surface area contributed by atoms with Crippen LogP contribution in [0.3, 0.4) is 0 Å². The number of esters is 4. The zero-order chi connectivity index (χ0) is 73.2. The van der Waals surface area contributed by atoms with Crippen LogP contribution in [-0.2, 0) is 65.4 Å². The number of rotatable bonds is 74. The molecule has 5 atom stereocenters. The summed E-state index contributed by atoms with van der Waals surface area (Å²) in [6, 6.07) is 0. The number of carbonyl (C=O) groups excluding carboxylic acids is 4. The lowest BCUT2D eigenvalue weighted by molar-refractivity contribution is -0.161. The molecule has 0 aromatic heterocycles. The van der Waals surface area contributed by atoms with E-state index in [1.807, 2.05) is 12.2 Å². The number of unbranched alkanes of at least 4 members (excludes halogenated alkanes) is 32. The van der Waals surface area contributed by atoms with Crippen molar-refractivity contribution in [1.29, 1.82) is 0 Å². The van der Waals surface area contributed by atoms with E-state index >= 15 is 0 Å². The SMILES string of the molecule is CC/C=C\C/C=C\C/C=C\C/C=C\C/C=C\CCCC(=O)OCC(COP(=O)(O)OCC(O)COP(=O)(O)OCC(COC(=O)CCCCCCCCC/C=C\C/C=C\C/C=C\CC)OC(=O)CCCCCCCCCCCCC)OC(=O)CCCCCCCCCCCCCCCCC. The molecular formula is C81H142O17P2. The predicted octanol–water partition coefficient (Wildman–Crippen LogP) is 22.8. The molecule has 0 aliphatic rings. The summed E-state index contributed by atoms with van der Waals surface area (Å²) in [5.41, 5.74) is 0. The van der Waals surface area contributed by atoms with Crippen LogP contribution in [0.1, 0.15) is 336 Å². The van der Waals surface area contributed by atoms with Gasteiger partial charge in [0.05, 0.1) is 26.4 Å². The Hall–Kier alpha value is -4.02. The van der Waals surface area contributed by atoms with Crippen molar-refractivity contribution in [1.82, 2.24) is 0 Å². The van der Waals surface area contributed by atoms with Gasteiger partial charge in [-0.1, -0.05) is 311 Å². The van der Waals surface area contributed by atoms with Crippen LogP contribution in [0.5, 0.6) is 0 Å². The lowest BCUT2D eigenvalue weighted by Crippen LogP contribution is -2.30. The Labute approximate surface area is 607 Å². The minimum atomic E-state index is -4.98. The molecule has 578 valence electrons. The first-order valence-electron chi connectivity index (χ1n) is 39.5. The van der Waals surface area contributed by atoms with Crippen LogP contribution >= 0.6 is 15.6 Å². The fourth-order valence-corrected chi connectivity index (χ4v) is 12.2. The van der Waals surface area contributed by atoms with Crippen molar-refractivity contribution < 1.29 is 80.2 Å². The molecule has 0 spiro atoms. The van der Waals surface area contributed by atoms with E-state index < -0.39 is 97.5 Å². The highest BCUT2D eigenvalue weighted by Gasteiger charge is 2.30. The van der Waals surface area contributed by atoms with Gasteiger partial charge < -0.3 is 33.8 Å². The van der Waals surface area contributed by atoms with Gasteiger partial charge in [-0.25, -0.2) is 9.13 Å². The van der Waals surface area contributed by atoms with E-state index in [9.17, 15) is 43.2 Å². The monoisotopic (exact) mass is 1450 g/mol. The third kappa shape index (κ3) is 72.3. The molecule has 0 aromatic rings. The molecule has 19 heteroatoms. The lowest BCUT2D eigenvalue weighted by Gasteiger charge is -2.21. The molecule has 0 aromatic carbocycles. The van der Waals surface area contributed by atoms with Crippen molar-refractivity contribution in [3.8, 4) is 0 Å². The molecule has 0 rings (SSSR count). The van der Waals surface area contributed by atoms with E-state index in [0.29, 0.717) is 32.1 Å². The van der Waals surface area contributed by atoms with Crippen molar-refractivity contribution in [2.45, 2.75) is 354 Å². The fourth-order valence-electron chi connectivity index (χ4n) is 10.6. The Morgan fingerprint density at radius 3 is 0.840 bits per heavy atom. The van der Waals surface area contributed by atoms with E-state index in [4.69, 9.17) is 37.0 Å². The molecule has 0 radical (unpaired) electrons. The van der Waals surface area contributed by atoms with Crippen molar-refractivity contribution in [3.63, 3.8) is 0 Å². The number of phosphoric acid groups is 2. The van der Waals surface area contributed by atoms with Crippen LogP contribution in [-0.4, -0.2) is 96.7 Å². The normalized spacial score (nSPS) is 14.4. The second-order valence-corrected chi connectivity index (χ2v) is 29.2. The summed E-state index contributed by atoms with van der Waals surface area (Å²) in [7, 11) is -9.96. The smallest absolute Gasteiger partial charge is 0.462 e. The highest BCUT2D eigenvalue weighted by molar-refractivity contribution is 7.47. The van der Waals surface area contributed by atoms with E-state index in [2.05, 4.69) is 113 Å². The number of aliphatic hydroxyl groups excluding tert-OH is 1. The molecule has 0 saturated heterocycles. The number of allylic oxidation sites excluding steroid dienone is 16. The maximum atomic E-state index is 13.1. The van der Waals surface area contributed by atoms with Gasteiger partial charge in [0.2, 0.25) is 0 Å². The molecule has 0 saturated carbocycles. The molecule has 0 aliphatic heterocycles. The Kier molecular flexibility index (Phi) is 70.4. The maximum Gasteiger partial charge on any atom is 0.472 e. The third-order valence-electron chi connectivity index (χ3n) is 16.6. The summed E-state index contributed by atoms with van der Waals surface area (Å²) in [4.78, 5) is 72.9. The van der Waals surface area contributed by atoms with Crippen LogP contribution in [0.4, 0.5) is 0 Å². The molecule has 0 fully saturated rings. The number of carbonyl (C=O) groups is 4. The predicted molar refractivity (Wildman–Crippen MR) is 409 cm³/mol. The van der Waals surface area contributed by atoms with Gasteiger partial charge in [-0.2, -0.15) is 0 Å². The van der Waals surface area contributed by atoms with Crippen molar-refractivity contribution in [2.24, 2.45) is 0 Å². The summed E-state index contributed by atoms with van der Waals surface area (Å²) >= 11 is 0. The van der Waals surface area contributed by atoms with Crippen LogP contribution < -0.4 is 0 Å². The summed E-state index contributed by atoms with van der Waals surface area (Å²) in [5.74, 6) is -2.23. The van der Waals surface area contributed by atoms with Gasteiger partial charge in [0, 0.05) is 25.7 Å². The second-order valence-electron chi connectivity index (χ2n) is 26.3. The van der Waals surface area contributed by atoms with Crippen molar-refractivity contribution in [2.75, 3.05) is 39.6 Å². The molecule has 5 unspecified atom stereocenters. The molecule has 0 amide bonds. The molecule has 100 heavy (non-hydrogen) atoms. The molecule has 17 nitrogen and oxygen atoms in total. The third-order valence-corrected chi connectivity index (χ3v) is 18.5. The Morgan fingerprint density at radius 2 is 0.530 bits per heavy atom. The average molecular weight is 1450 g/mol. The number of hydrogen-bond donors (Lipinski definition) is 3. The van der Waals surface area contributed by atoms with Gasteiger partial charge in [0.25, 0.3) is 0 Å². The maximum absolute atomic E-state index is 13.1. The van der Waals surface area contributed by atoms with Crippen LogP contribution in [0.15, 0.2) is 97.2 Å². The molecule has 3 N–H and O–H groups in total. The van der Waals surface area contributed by atoms with Gasteiger partial charge in [0.15, 0.2) is 12.2 Å². The zero-order valence-corrected chi connectivity index (χ0v) is 64.9. The summed E-state index contributed by atoms with van der Waals surface area (Å²) in [5, 5.41) is 10.6. The molecular weight excluding hydrogens is 1310 g/mol. The minimum absolute atomic E-state index is 0.0855. The first-order valence-corrected chi connectivity index (χ1v) is 42.5. The molecule has 0 heterocycles.